The lowest BCUT2D eigenvalue weighted by atomic mass is 10.1. The summed E-state index contributed by atoms with van der Waals surface area (Å²) in [6.07, 6.45) is 0.568. The number of imidazole rings is 1. The van der Waals surface area contributed by atoms with Crippen molar-refractivity contribution in [2.45, 2.75) is 13.3 Å². The van der Waals surface area contributed by atoms with Crippen molar-refractivity contribution in [1.82, 2.24) is 9.97 Å². The first-order valence-corrected chi connectivity index (χ1v) is 5.52. The third-order valence-electron chi connectivity index (χ3n) is 2.67. The topological polar surface area (TPSA) is 75.2 Å². The highest BCUT2D eigenvalue weighted by atomic mass is 16.5. The maximum absolute atomic E-state index is 10.9. The van der Waals surface area contributed by atoms with Crippen LogP contribution in [0.3, 0.4) is 0 Å². The van der Waals surface area contributed by atoms with Crippen LogP contribution in [0.15, 0.2) is 24.3 Å². The van der Waals surface area contributed by atoms with E-state index in [1.807, 2.05) is 24.3 Å². The number of ether oxygens (including phenoxy) is 1. The van der Waals surface area contributed by atoms with Gasteiger partial charge in [0, 0.05) is 12.1 Å². The molecule has 5 heteroatoms. The number of aromatic carboxylic acids is 1. The van der Waals surface area contributed by atoms with Gasteiger partial charge in [-0.05, 0) is 24.6 Å². The molecule has 94 valence electrons. The SMILES string of the molecule is COc1ccc(Cc2nc(C(=O)O)c(C)[nH]2)cc1. The Labute approximate surface area is 104 Å². The van der Waals surface area contributed by atoms with Crippen LogP contribution in [0.1, 0.15) is 27.6 Å². The van der Waals surface area contributed by atoms with E-state index in [2.05, 4.69) is 9.97 Å². The highest BCUT2D eigenvalue weighted by molar-refractivity contribution is 5.86. The standard InChI is InChI=1S/C13H14N2O3/c1-8-12(13(16)17)15-11(14-8)7-9-3-5-10(18-2)6-4-9/h3-6H,7H2,1-2H3,(H,14,15)(H,16,17). The molecular weight excluding hydrogens is 232 g/mol. The van der Waals surface area contributed by atoms with Crippen molar-refractivity contribution >= 4 is 5.97 Å². The number of H-pyrrole nitrogens is 1. The highest BCUT2D eigenvalue weighted by Crippen LogP contribution is 2.14. The van der Waals surface area contributed by atoms with E-state index in [-0.39, 0.29) is 5.69 Å². The highest BCUT2D eigenvalue weighted by Gasteiger charge is 2.13. The van der Waals surface area contributed by atoms with E-state index >= 15 is 0 Å². The average Bonchev–Trinajstić information content (AvgIpc) is 2.71. The van der Waals surface area contributed by atoms with Crippen LogP contribution in [-0.4, -0.2) is 28.2 Å². The van der Waals surface area contributed by atoms with Crippen molar-refractivity contribution in [3.8, 4) is 5.75 Å². The Balaban J connectivity index is 2.18. The number of aromatic nitrogens is 2. The zero-order chi connectivity index (χ0) is 13.1. The minimum Gasteiger partial charge on any atom is -0.497 e. The number of hydrogen-bond acceptors (Lipinski definition) is 3. The summed E-state index contributed by atoms with van der Waals surface area (Å²) in [5.74, 6) is 0.431. The Morgan fingerprint density at radius 2 is 2.06 bits per heavy atom. The largest absolute Gasteiger partial charge is 0.497 e. The summed E-state index contributed by atoms with van der Waals surface area (Å²) in [6, 6.07) is 7.58. The van der Waals surface area contributed by atoms with Crippen LogP contribution in [0.25, 0.3) is 0 Å². The molecule has 0 saturated carbocycles. The summed E-state index contributed by atoms with van der Waals surface area (Å²) >= 11 is 0. The molecule has 0 bridgehead atoms. The van der Waals surface area contributed by atoms with Gasteiger partial charge < -0.3 is 14.8 Å². The number of aromatic amines is 1. The molecule has 1 heterocycles. The molecule has 18 heavy (non-hydrogen) atoms. The molecule has 0 amide bonds. The predicted molar refractivity (Wildman–Crippen MR) is 66.1 cm³/mol. The quantitative estimate of drug-likeness (QED) is 0.865. The Morgan fingerprint density at radius 1 is 1.39 bits per heavy atom. The molecule has 2 rings (SSSR count). The Morgan fingerprint density at radius 3 is 2.56 bits per heavy atom. The van der Waals surface area contributed by atoms with Crippen molar-refractivity contribution in [3.63, 3.8) is 0 Å². The summed E-state index contributed by atoms with van der Waals surface area (Å²) < 4.78 is 5.07. The molecule has 0 spiro atoms. The van der Waals surface area contributed by atoms with E-state index in [0.717, 1.165) is 11.3 Å². The monoisotopic (exact) mass is 246 g/mol. The molecule has 1 aromatic carbocycles. The zero-order valence-electron chi connectivity index (χ0n) is 10.2. The Hall–Kier alpha value is -2.30. The number of carboxylic acid groups (broad SMARTS) is 1. The Bertz CT molecular complexity index is 558. The zero-order valence-corrected chi connectivity index (χ0v) is 10.2. The second-order valence-electron chi connectivity index (χ2n) is 3.99. The fourth-order valence-corrected chi connectivity index (χ4v) is 1.75. The lowest BCUT2D eigenvalue weighted by Crippen LogP contribution is -1.99. The molecule has 1 aromatic heterocycles. The molecular formula is C13H14N2O3. The number of rotatable bonds is 4. The normalized spacial score (nSPS) is 10.3. The van der Waals surface area contributed by atoms with E-state index in [1.54, 1.807) is 14.0 Å². The van der Waals surface area contributed by atoms with Crippen LogP contribution in [0.5, 0.6) is 5.75 Å². The molecule has 2 N–H and O–H groups in total. The first-order chi connectivity index (χ1) is 8.60. The maximum Gasteiger partial charge on any atom is 0.356 e. The first kappa shape index (κ1) is 12.2. The molecule has 0 saturated heterocycles. The van der Waals surface area contributed by atoms with Crippen molar-refractivity contribution in [1.29, 1.82) is 0 Å². The molecule has 5 nitrogen and oxygen atoms in total. The molecule has 0 atom stereocenters. The summed E-state index contributed by atoms with van der Waals surface area (Å²) in [6.45, 7) is 1.70. The smallest absolute Gasteiger partial charge is 0.356 e. The van der Waals surface area contributed by atoms with Crippen LogP contribution < -0.4 is 4.74 Å². The molecule has 0 aliphatic carbocycles. The van der Waals surface area contributed by atoms with Gasteiger partial charge in [-0.1, -0.05) is 12.1 Å². The fraction of sp³-hybridized carbons (Fsp3) is 0.231. The van der Waals surface area contributed by atoms with E-state index in [1.165, 1.54) is 0 Å². The van der Waals surface area contributed by atoms with Crippen LogP contribution in [0.2, 0.25) is 0 Å². The molecule has 0 fully saturated rings. The van der Waals surface area contributed by atoms with Crippen molar-refractivity contribution < 1.29 is 14.6 Å². The van der Waals surface area contributed by atoms with Gasteiger partial charge in [0.1, 0.15) is 11.6 Å². The molecule has 2 aromatic rings. The van der Waals surface area contributed by atoms with Gasteiger partial charge in [0.15, 0.2) is 5.69 Å². The number of methoxy groups -OCH3 is 1. The van der Waals surface area contributed by atoms with Crippen LogP contribution >= 0.6 is 0 Å². The molecule has 0 unspecified atom stereocenters. The van der Waals surface area contributed by atoms with Crippen LogP contribution in [-0.2, 0) is 6.42 Å². The van der Waals surface area contributed by atoms with Gasteiger partial charge in [-0.3, -0.25) is 0 Å². The van der Waals surface area contributed by atoms with E-state index in [4.69, 9.17) is 9.84 Å². The summed E-state index contributed by atoms with van der Waals surface area (Å²) in [5.41, 5.74) is 1.70. The number of nitrogens with one attached hydrogen (secondary N) is 1. The van der Waals surface area contributed by atoms with Gasteiger partial charge in [-0.2, -0.15) is 0 Å². The summed E-state index contributed by atoms with van der Waals surface area (Å²) in [5, 5.41) is 8.91. The number of hydrogen-bond donors (Lipinski definition) is 2. The number of nitrogens with zero attached hydrogens (tertiary/aromatic N) is 1. The first-order valence-electron chi connectivity index (χ1n) is 5.52. The number of aryl methyl sites for hydroxylation is 1. The van der Waals surface area contributed by atoms with Crippen molar-refractivity contribution in [2.24, 2.45) is 0 Å². The van der Waals surface area contributed by atoms with Gasteiger partial charge in [0.05, 0.1) is 7.11 Å². The third-order valence-corrected chi connectivity index (χ3v) is 2.67. The fourth-order valence-electron chi connectivity index (χ4n) is 1.75. The number of benzene rings is 1. The molecule has 0 radical (unpaired) electrons. The van der Waals surface area contributed by atoms with Gasteiger partial charge in [-0.15, -0.1) is 0 Å². The van der Waals surface area contributed by atoms with E-state index in [0.29, 0.717) is 17.9 Å². The number of carboxylic acids is 1. The van der Waals surface area contributed by atoms with Crippen LogP contribution in [0, 0.1) is 6.92 Å². The van der Waals surface area contributed by atoms with E-state index in [9.17, 15) is 4.79 Å². The summed E-state index contributed by atoms with van der Waals surface area (Å²) in [4.78, 5) is 17.9. The molecule has 0 aliphatic heterocycles. The Kier molecular flexibility index (Phi) is 3.32. The van der Waals surface area contributed by atoms with Gasteiger partial charge >= 0.3 is 5.97 Å². The maximum atomic E-state index is 10.9. The minimum absolute atomic E-state index is 0.0820. The third kappa shape index (κ3) is 2.51. The average molecular weight is 246 g/mol. The van der Waals surface area contributed by atoms with Gasteiger partial charge in [0.25, 0.3) is 0 Å². The van der Waals surface area contributed by atoms with E-state index < -0.39 is 5.97 Å². The van der Waals surface area contributed by atoms with Crippen LogP contribution in [0.4, 0.5) is 0 Å². The van der Waals surface area contributed by atoms with Crippen molar-refractivity contribution in [3.05, 3.63) is 47.0 Å². The summed E-state index contributed by atoms with van der Waals surface area (Å²) in [7, 11) is 1.62. The molecule has 0 aliphatic rings. The second kappa shape index (κ2) is 4.91. The van der Waals surface area contributed by atoms with Gasteiger partial charge in [-0.25, -0.2) is 9.78 Å². The second-order valence-corrected chi connectivity index (χ2v) is 3.99. The van der Waals surface area contributed by atoms with Gasteiger partial charge in [0.2, 0.25) is 0 Å². The lowest BCUT2D eigenvalue weighted by molar-refractivity contribution is 0.0690. The minimum atomic E-state index is -1.01. The van der Waals surface area contributed by atoms with Crippen molar-refractivity contribution in [2.75, 3.05) is 7.11 Å². The predicted octanol–water partition coefficient (Wildman–Crippen LogP) is 2.02. The lowest BCUT2D eigenvalue weighted by Gasteiger charge is -2.01. The number of carbonyl (C=O) groups is 1.